The maximum absolute atomic E-state index is 12.9. The average molecular weight is 353 g/mol. The predicted molar refractivity (Wildman–Crippen MR) is 107 cm³/mol. The zero-order valence-electron chi connectivity index (χ0n) is 15.5. The molecular weight excluding hydrogens is 330 g/mol. The number of hydrogen-bond donors (Lipinski definition) is 2. The van der Waals surface area contributed by atoms with Crippen molar-refractivity contribution < 1.29 is 4.79 Å². The van der Waals surface area contributed by atoms with Crippen LogP contribution in [0.4, 0.5) is 11.4 Å². The number of pyridine rings is 1. The lowest BCUT2D eigenvalue weighted by Gasteiger charge is -2.12. The number of nitrogen functional groups attached to an aromatic ring is 1. The van der Waals surface area contributed by atoms with Crippen molar-refractivity contribution in [1.29, 1.82) is 0 Å². The van der Waals surface area contributed by atoms with Gasteiger partial charge in [-0.3, -0.25) is 4.79 Å². The van der Waals surface area contributed by atoms with Crippen LogP contribution in [0.3, 0.4) is 0 Å². The number of hydrogen-bond acceptors (Lipinski definition) is 4. The zero-order chi connectivity index (χ0) is 18.5. The monoisotopic (exact) mass is 353 g/mol. The Bertz CT molecular complexity index is 995. The van der Waals surface area contributed by atoms with Crippen LogP contribution in [0.2, 0.25) is 0 Å². The standard InChI is InChI=1S/C20H23N3OS/c1-9-7-10(2)17(11(3)8-9)23-19(24)18-16(21)15-13(5)12(4)14(6)22-20(15)25-18/h7-8H,21H2,1-6H3,(H,23,24). The van der Waals surface area contributed by atoms with Crippen LogP contribution in [-0.4, -0.2) is 10.9 Å². The Morgan fingerprint density at radius 1 is 1.04 bits per heavy atom. The molecular formula is C20H23N3OS. The maximum atomic E-state index is 12.9. The summed E-state index contributed by atoms with van der Waals surface area (Å²) in [6.07, 6.45) is 0. The van der Waals surface area contributed by atoms with E-state index >= 15 is 0 Å². The van der Waals surface area contributed by atoms with Gasteiger partial charge < -0.3 is 11.1 Å². The second-order valence-electron chi connectivity index (χ2n) is 6.70. The second kappa shape index (κ2) is 6.15. The number of carbonyl (C=O) groups is 1. The molecule has 5 heteroatoms. The molecule has 0 spiro atoms. The van der Waals surface area contributed by atoms with E-state index in [1.807, 2.05) is 34.6 Å². The van der Waals surface area contributed by atoms with E-state index in [0.717, 1.165) is 43.9 Å². The van der Waals surface area contributed by atoms with Crippen molar-refractivity contribution in [2.75, 3.05) is 11.1 Å². The number of nitrogens with zero attached hydrogens (tertiary/aromatic N) is 1. The zero-order valence-corrected chi connectivity index (χ0v) is 16.3. The largest absolute Gasteiger partial charge is 0.397 e. The minimum Gasteiger partial charge on any atom is -0.397 e. The lowest BCUT2D eigenvalue weighted by atomic mass is 10.0. The van der Waals surface area contributed by atoms with Crippen LogP contribution in [0.25, 0.3) is 10.2 Å². The summed E-state index contributed by atoms with van der Waals surface area (Å²) in [6.45, 7) is 12.1. The molecule has 0 aliphatic heterocycles. The second-order valence-corrected chi connectivity index (χ2v) is 7.70. The maximum Gasteiger partial charge on any atom is 0.267 e. The first-order valence-corrected chi connectivity index (χ1v) is 9.07. The molecule has 2 aromatic heterocycles. The summed E-state index contributed by atoms with van der Waals surface area (Å²) in [6, 6.07) is 4.13. The summed E-state index contributed by atoms with van der Waals surface area (Å²) in [5.74, 6) is -0.176. The Kier molecular flexibility index (Phi) is 4.29. The van der Waals surface area contributed by atoms with Gasteiger partial charge in [-0.05, 0) is 63.8 Å². The molecule has 25 heavy (non-hydrogen) atoms. The number of thiophene rings is 1. The Hall–Kier alpha value is -2.40. The van der Waals surface area contributed by atoms with Crippen LogP contribution in [0.1, 0.15) is 43.2 Å². The fourth-order valence-corrected chi connectivity index (χ4v) is 4.38. The molecule has 0 saturated carbocycles. The van der Waals surface area contributed by atoms with Gasteiger partial charge in [0.2, 0.25) is 0 Å². The minimum atomic E-state index is -0.176. The molecule has 0 fully saturated rings. The van der Waals surface area contributed by atoms with E-state index in [2.05, 4.69) is 29.4 Å². The topological polar surface area (TPSA) is 68.0 Å². The van der Waals surface area contributed by atoms with Gasteiger partial charge in [-0.2, -0.15) is 0 Å². The highest BCUT2D eigenvalue weighted by Gasteiger charge is 2.21. The molecule has 3 rings (SSSR count). The van der Waals surface area contributed by atoms with E-state index in [0.29, 0.717) is 10.6 Å². The first-order chi connectivity index (χ1) is 11.7. The minimum absolute atomic E-state index is 0.176. The molecule has 0 atom stereocenters. The summed E-state index contributed by atoms with van der Waals surface area (Å²) < 4.78 is 0. The first kappa shape index (κ1) is 17.4. The smallest absolute Gasteiger partial charge is 0.267 e. The van der Waals surface area contributed by atoms with Crippen molar-refractivity contribution in [1.82, 2.24) is 4.98 Å². The number of nitrogens with one attached hydrogen (secondary N) is 1. The van der Waals surface area contributed by atoms with Crippen molar-refractivity contribution in [3.63, 3.8) is 0 Å². The van der Waals surface area contributed by atoms with Gasteiger partial charge in [-0.25, -0.2) is 4.98 Å². The molecule has 0 radical (unpaired) electrons. The molecule has 3 aromatic rings. The number of benzene rings is 1. The highest BCUT2D eigenvalue weighted by Crippen LogP contribution is 2.37. The third-order valence-corrected chi connectivity index (χ3v) is 5.90. The van der Waals surface area contributed by atoms with E-state index in [9.17, 15) is 4.79 Å². The van der Waals surface area contributed by atoms with Crippen LogP contribution >= 0.6 is 11.3 Å². The van der Waals surface area contributed by atoms with E-state index in [4.69, 9.17) is 5.73 Å². The van der Waals surface area contributed by atoms with E-state index in [1.54, 1.807) is 0 Å². The van der Waals surface area contributed by atoms with E-state index in [-0.39, 0.29) is 5.91 Å². The molecule has 0 saturated heterocycles. The molecule has 0 unspecified atom stereocenters. The Balaban J connectivity index is 2.07. The number of nitrogens with two attached hydrogens (primary N) is 1. The molecule has 1 aromatic carbocycles. The molecule has 3 N–H and O–H groups in total. The van der Waals surface area contributed by atoms with Crippen LogP contribution in [0.15, 0.2) is 12.1 Å². The molecule has 2 heterocycles. The number of aryl methyl sites for hydroxylation is 5. The Labute approximate surface area is 152 Å². The number of anilines is 2. The van der Waals surface area contributed by atoms with Crippen LogP contribution in [0.5, 0.6) is 0 Å². The molecule has 0 bridgehead atoms. The SMILES string of the molecule is Cc1cc(C)c(NC(=O)c2sc3nc(C)c(C)c(C)c3c2N)c(C)c1. The summed E-state index contributed by atoms with van der Waals surface area (Å²) in [4.78, 5) is 18.8. The van der Waals surface area contributed by atoms with E-state index in [1.165, 1.54) is 16.9 Å². The van der Waals surface area contributed by atoms with Crippen molar-refractivity contribution in [3.8, 4) is 0 Å². The summed E-state index contributed by atoms with van der Waals surface area (Å²) in [7, 11) is 0. The van der Waals surface area contributed by atoms with Gasteiger partial charge in [-0.15, -0.1) is 11.3 Å². The van der Waals surface area contributed by atoms with Crippen molar-refractivity contribution in [2.45, 2.75) is 41.5 Å². The molecule has 1 amide bonds. The summed E-state index contributed by atoms with van der Waals surface area (Å²) in [5, 5.41) is 3.93. The van der Waals surface area contributed by atoms with Crippen LogP contribution < -0.4 is 11.1 Å². The van der Waals surface area contributed by atoms with Gasteiger partial charge in [-0.1, -0.05) is 17.7 Å². The summed E-state index contributed by atoms with van der Waals surface area (Å²) in [5.41, 5.74) is 14.2. The normalized spacial score (nSPS) is 11.1. The highest BCUT2D eigenvalue weighted by atomic mass is 32.1. The van der Waals surface area contributed by atoms with Crippen LogP contribution in [0, 0.1) is 41.5 Å². The van der Waals surface area contributed by atoms with Crippen molar-refractivity contribution in [3.05, 3.63) is 50.5 Å². The van der Waals surface area contributed by atoms with Crippen LogP contribution in [-0.2, 0) is 0 Å². The first-order valence-electron chi connectivity index (χ1n) is 8.25. The quantitative estimate of drug-likeness (QED) is 0.682. The molecule has 4 nitrogen and oxygen atoms in total. The third kappa shape index (κ3) is 2.89. The van der Waals surface area contributed by atoms with Gasteiger partial charge in [0.25, 0.3) is 5.91 Å². The van der Waals surface area contributed by atoms with Gasteiger partial charge >= 0.3 is 0 Å². The van der Waals surface area contributed by atoms with Gasteiger partial charge in [0, 0.05) is 16.8 Å². The fourth-order valence-electron chi connectivity index (χ4n) is 3.28. The fraction of sp³-hybridized carbons (Fsp3) is 0.300. The number of fused-ring (bicyclic) bond motifs is 1. The van der Waals surface area contributed by atoms with Gasteiger partial charge in [0.15, 0.2) is 0 Å². The number of amides is 1. The average Bonchev–Trinajstić information content (AvgIpc) is 2.85. The number of rotatable bonds is 2. The molecule has 130 valence electrons. The molecule has 0 aliphatic carbocycles. The number of aromatic nitrogens is 1. The Morgan fingerprint density at radius 2 is 1.64 bits per heavy atom. The van der Waals surface area contributed by atoms with Crippen molar-refractivity contribution in [2.24, 2.45) is 0 Å². The summed E-state index contributed by atoms with van der Waals surface area (Å²) >= 11 is 1.35. The van der Waals surface area contributed by atoms with Gasteiger partial charge in [0.05, 0.1) is 5.69 Å². The predicted octanol–water partition coefficient (Wildman–Crippen LogP) is 4.98. The number of carbonyl (C=O) groups excluding carboxylic acids is 1. The lowest BCUT2D eigenvalue weighted by Crippen LogP contribution is -2.14. The highest BCUT2D eigenvalue weighted by molar-refractivity contribution is 7.21. The third-order valence-electron chi connectivity index (χ3n) is 4.80. The Morgan fingerprint density at radius 3 is 2.24 bits per heavy atom. The molecule has 0 aliphatic rings. The lowest BCUT2D eigenvalue weighted by molar-refractivity contribution is 0.103. The van der Waals surface area contributed by atoms with E-state index < -0.39 is 0 Å². The van der Waals surface area contributed by atoms with Crippen molar-refractivity contribution >= 4 is 38.8 Å². The van der Waals surface area contributed by atoms with Gasteiger partial charge in [0.1, 0.15) is 9.71 Å².